The van der Waals surface area contributed by atoms with E-state index in [9.17, 15) is 19.7 Å². The monoisotopic (exact) mass is 432 g/mol. The Kier molecular flexibility index (Phi) is 5.81. The average Bonchev–Trinajstić information content (AvgIpc) is 3.06. The van der Waals surface area contributed by atoms with Gasteiger partial charge >= 0.3 is 0 Å². The van der Waals surface area contributed by atoms with Crippen molar-refractivity contribution in [3.05, 3.63) is 105 Å². The smallest absolute Gasteiger partial charge is 0.298 e. The van der Waals surface area contributed by atoms with E-state index >= 15 is 0 Å². The molecule has 1 saturated heterocycles. The normalized spacial score (nSPS) is 14.8. The van der Waals surface area contributed by atoms with Gasteiger partial charge in [0.1, 0.15) is 12.4 Å². The van der Waals surface area contributed by atoms with Crippen molar-refractivity contribution < 1.29 is 19.2 Å². The maximum Gasteiger partial charge on any atom is 0.298 e. The number of thioether (sulfide) groups is 1. The third-order valence-corrected chi connectivity index (χ3v) is 5.38. The number of para-hydroxylation sites is 1. The number of carbonyl (C=O) groups excluding carboxylic acids is 2. The van der Waals surface area contributed by atoms with Crippen LogP contribution in [0.2, 0.25) is 0 Å². The van der Waals surface area contributed by atoms with Crippen molar-refractivity contribution in [2.45, 2.75) is 6.61 Å². The zero-order valence-corrected chi connectivity index (χ0v) is 17.0. The molecule has 0 unspecified atom stereocenters. The number of rotatable bonds is 6. The largest absolute Gasteiger partial charge is 0.489 e. The zero-order valence-electron chi connectivity index (χ0n) is 16.1. The van der Waals surface area contributed by atoms with Crippen molar-refractivity contribution in [1.82, 2.24) is 0 Å². The minimum absolute atomic E-state index is 0.0147. The molecule has 1 aliphatic heterocycles. The number of amides is 2. The summed E-state index contributed by atoms with van der Waals surface area (Å²) in [6.07, 6.45) is 1.66. The fourth-order valence-corrected chi connectivity index (χ4v) is 3.85. The second kappa shape index (κ2) is 8.85. The Balaban J connectivity index is 1.43. The molecule has 3 aromatic carbocycles. The summed E-state index contributed by atoms with van der Waals surface area (Å²) >= 11 is 0.899. The van der Waals surface area contributed by atoms with Gasteiger partial charge < -0.3 is 4.74 Å². The number of nitrogens with zero attached hydrogens (tertiary/aromatic N) is 2. The fraction of sp³-hybridized carbons (Fsp3) is 0.0435. The van der Waals surface area contributed by atoms with Crippen molar-refractivity contribution in [1.29, 1.82) is 0 Å². The standard InChI is InChI=1S/C23H16N2O5S/c26-22-21(31-23(27)24(22)18-6-2-1-3-7-18)14-16-9-11-20(12-10-16)30-15-17-5-4-8-19(13-17)25(28)29/h1-14H,15H2. The summed E-state index contributed by atoms with van der Waals surface area (Å²) in [5.74, 6) is 0.230. The molecule has 0 aliphatic carbocycles. The van der Waals surface area contributed by atoms with E-state index in [1.807, 2.05) is 6.07 Å². The number of ether oxygens (including phenoxy) is 1. The van der Waals surface area contributed by atoms with Crippen molar-refractivity contribution >= 4 is 40.4 Å². The molecule has 31 heavy (non-hydrogen) atoms. The molecule has 3 aromatic rings. The molecule has 0 aromatic heterocycles. The Morgan fingerprint density at radius 1 is 0.968 bits per heavy atom. The molecule has 1 heterocycles. The number of imide groups is 1. The maximum atomic E-state index is 12.7. The number of hydrogen-bond acceptors (Lipinski definition) is 6. The summed E-state index contributed by atoms with van der Waals surface area (Å²) in [6.45, 7) is 0.191. The fourth-order valence-electron chi connectivity index (χ4n) is 3.01. The molecule has 7 nitrogen and oxygen atoms in total. The molecule has 8 heteroatoms. The number of nitro benzene ring substituents is 1. The lowest BCUT2D eigenvalue weighted by molar-refractivity contribution is -0.384. The Morgan fingerprint density at radius 3 is 2.42 bits per heavy atom. The van der Waals surface area contributed by atoms with Gasteiger partial charge in [-0.3, -0.25) is 19.7 Å². The van der Waals surface area contributed by atoms with Gasteiger partial charge in [0.05, 0.1) is 15.5 Å². The van der Waals surface area contributed by atoms with Gasteiger partial charge in [0.25, 0.3) is 16.8 Å². The maximum absolute atomic E-state index is 12.7. The van der Waals surface area contributed by atoms with Crippen LogP contribution in [0.25, 0.3) is 6.08 Å². The van der Waals surface area contributed by atoms with E-state index in [0.717, 1.165) is 22.2 Å². The molecule has 1 fully saturated rings. The summed E-state index contributed by atoms with van der Waals surface area (Å²) in [7, 11) is 0. The second-order valence-corrected chi connectivity index (χ2v) is 7.63. The quantitative estimate of drug-likeness (QED) is 0.294. The molecule has 2 amide bonds. The Morgan fingerprint density at radius 2 is 1.71 bits per heavy atom. The predicted octanol–water partition coefficient (Wildman–Crippen LogP) is 5.41. The van der Waals surface area contributed by atoms with Crippen LogP contribution >= 0.6 is 11.8 Å². The lowest BCUT2D eigenvalue weighted by Crippen LogP contribution is -2.27. The zero-order chi connectivity index (χ0) is 21.8. The Hall–Kier alpha value is -3.91. The summed E-state index contributed by atoms with van der Waals surface area (Å²) in [5.41, 5.74) is 1.99. The molecule has 0 N–H and O–H groups in total. The minimum Gasteiger partial charge on any atom is -0.489 e. The van der Waals surface area contributed by atoms with Gasteiger partial charge in [0.15, 0.2) is 0 Å². The molecule has 0 radical (unpaired) electrons. The van der Waals surface area contributed by atoms with Crippen LogP contribution < -0.4 is 9.64 Å². The van der Waals surface area contributed by atoms with Crippen molar-refractivity contribution in [3.63, 3.8) is 0 Å². The average molecular weight is 432 g/mol. The molecule has 0 spiro atoms. The van der Waals surface area contributed by atoms with E-state index < -0.39 is 4.92 Å². The van der Waals surface area contributed by atoms with Gasteiger partial charge in [0.2, 0.25) is 0 Å². The van der Waals surface area contributed by atoms with E-state index in [4.69, 9.17) is 4.74 Å². The van der Waals surface area contributed by atoms with Crippen molar-refractivity contribution in [3.8, 4) is 5.75 Å². The molecule has 154 valence electrons. The summed E-state index contributed by atoms with van der Waals surface area (Å²) in [4.78, 5) is 36.9. The van der Waals surface area contributed by atoms with Gasteiger partial charge in [-0.2, -0.15) is 0 Å². The number of benzene rings is 3. The van der Waals surface area contributed by atoms with Crippen LogP contribution in [0.15, 0.2) is 83.8 Å². The van der Waals surface area contributed by atoms with Gasteiger partial charge in [0, 0.05) is 12.1 Å². The third kappa shape index (κ3) is 4.65. The third-order valence-electron chi connectivity index (χ3n) is 4.51. The number of hydrogen-bond donors (Lipinski definition) is 0. The van der Waals surface area contributed by atoms with Crippen molar-refractivity contribution in [2.24, 2.45) is 0 Å². The van der Waals surface area contributed by atoms with Crippen LogP contribution in [0.3, 0.4) is 0 Å². The van der Waals surface area contributed by atoms with Crippen LogP contribution in [0.5, 0.6) is 5.75 Å². The van der Waals surface area contributed by atoms with Gasteiger partial charge in [-0.1, -0.05) is 42.5 Å². The Bertz CT molecular complexity index is 1180. The Labute approximate surface area is 182 Å². The number of nitro groups is 1. The molecule has 1 aliphatic rings. The highest BCUT2D eigenvalue weighted by molar-refractivity contribution is 8.19. The molecule has 0 saturated carbocycles. The van der Waals surface area contributed by atoms with Crippen LogP contribution in [-0.4, -0.2) is 16.1 Å². The molecule has 0 bridgehead atoms. The van der Waals surface area contributed by atoms with E-state index in [2.05, 4.69) is 0 Å². The van der Waals surface area contributed by atoms with Crippen LogP contribution in [0, 0.1) is 10.1 Å². The van der Waals surface area contributed by atoms with Crippen molar-refractivity contribution in [2.75, 3.05) is 4.90 Å². The van der Waals surface area contributed by atoms with Crippen LogP contribution in [0.1, 0.15) is 11.1 Å². The van der Waals surface area contributed by atoms with Crippen LogP contribution in [-0.2, 0) is 11.4 Å². The molecular weight excluding hydrogens is 416 g/mol. The molecular formula is C23H16N2O5S. The van der Waals surface area contributed by atoms with E-state index in [0.29, 0.717) is 21.9 Å². The highest BCUT2D eigenvalue weighted by Gasteiger charge is 2.36. The summed E-state index contributed by atoms with van der Waals surface area (Å²) in [6, 6.07) is 22.1. The van der Waals surface area contributed by atoms with E-state index in [1.165, 1.54) is 12.1 Å². The second-order valence-electron chi connectivity index (χ2n) is 6.64. The first kappa shape index (κ1) is 20.4. The number of carbonyl (C=O) groups is 2. The highest BCUT2D eigenvalue weighted by Crippen LogP contribution is 2.35. The van der Waals surface area contributed by atoms with E-state index in [-0.39, 0.29) is 23.4 Å². The molecule has 0 atom stereocenters. The predicted molar refractivity (Wildman–Crippen MR) is 119 cm³/mol. The van der Waals surface area contributed by atoms with Crippen LogP contribution in [0.4, 0.5) is 16.2 Å². The highest BCUT2D eigenvalue weighted by atomic mass is 32.2. The number of anilines is 1. The first-order valence-electron chi connectivity index (χ1n) is 9.30. The van der Waals surface area contributed by atoms with E-state index in [1.54, 1.807) is 66.7 Å². The SMILES string of the molecule is O=C1SC(=Cc2ccc(OCc3cccc([N+](=O)[O-])c3)cc2)C(=O)N1c1ccccc1. The van der Waals surface area contributed by atoms with Gasteiger partial charge in [-0.05, 0) is 53.2 Å². The number of non-ortho nitro benzene ring substituents is 1. The topological polar surface area (TPSA) is 89.7 Å². The first-order chi connectivity index (χ1) is 15.0. The summed E-state index contributed by atoms with van der Waals surface area (Å²) in [5, 5.41) is 10.5. The summed E-state index contributed by atoms with van der Waals surface area (Å²) < 4.78 is 5.69. The first-order valence-corrected chi connectivity index (χ1v) is 10.1. The lowest BCUT2D eigenvalue weighted by atomic mass is 10.2. The lowest BCUT2D eigenvalue weighted by Gasteiger charge is -2.11. The van der Waals surface area contributed by atoms with Gasteiger partial charge in [-0.15, -0.1) is 0 Å². The molecule has 4 rings (SSSR count). The van der Waals surface area contributed by atoms with Gasteiger partial charge in [-0.25, -0.2) is 4.90 Å². The minimum atomic E-state index is -0.447.